The van der Waals surface area contributed by atoms with Gasteiger partial charge in [-0.1, -0.05) is 12.2 Å². The Kier molecular flexibility index (Phi) is 3.90. The van der Waals surface area contributed by atoms with E-state index in [2.05, 4.69) is 6.58 Å². The number of hydrogen-bond acceptors (Lipinski definition) is 2. The molecule has 2 heteroatoms. The molecule has 0 saturated carbocycles. The molecule has 0 aliphatic rings. The van der Waals surface area contributed by atoms with Gasteiger partial charge in [0.1, 0.15) is 0 Å². The van der Waals surface area contributed by atoms with Gasteiger partial charge in [0.2, 0.25) is 0 Å². The van der Waals surface area contributed by atoms with Gasteiger partial charge < -0.3 is 10.5 Å². The molecule has 64 valence electrons. The number of ether oxygens (including phenoxy) is 1. The van der Waals surface area contributed by atoms with Gasteiger partial charge in [-0.3, -0.25) is 0 Å². The zero-order chi connectivity index (χ0) is 9.02. The molecule has 11 heavy (non-hydrogen) atoms. The Labute approximate surface area is 68.7 Å². The average molecular weight is 155 g/mol. The van der Waals surface area contributed by atoms with Crippen LogP contribution in [0.15, 0.2) is 23.4 Å². The van der Waals surface area contributed by atoms with Gasteiger partial charge in [0, 0.05) is 18.4 Å². The first-order valence-electron chi connectivity index (χ1n) is 3.65. The van der Waals surface area contributed by atoms with Crippen LogP contribution in [0.3, 0.4) is 0 Å². The fourth-order valence-electron chi connectivity index (χ4n) is 1.11. The van der Waals surface area contributed by atoms with Crippen molar-refractivity contribution >= 4 is 0 Å². The van der Waals surface area contributed by atoms with Gasteiger partial charge in [0.15, 0.2) is 0 Å². The van der Waals surface area contributed by atoms with Crippen LogP contribution in [0, 0.1) is 0 Å². The first kappa shape index (κ1) is 10.2. The molecule has 0 aliphatic heterocycles. The third kappa shape index (κ3) is 2.76. The second-order valence-corrected chi connectivity index (χ2v) is 2.82. The smallest absolute Gasteiger partial charge is 0.0812 e. The molecule has 0 aromatic heterocycles. The Hall–Kier alpha value is -0.760. The molecule has 0 aromatic carbocycles. The lowest BCUT2D eigenvalue weighted by molar-refractivity contribution is 0.147. The van der Waals surface area contributed by atoms with Gasteiger partial charge in [-0.15, -0.1) is 0 Å². The van der Waals surface area contributed by atoms with E-state index in [-0.39, 0.29) is 6.10 Å². The van der Waals surface area contributed by atoms with Gasteiger partial charge in [-0.2, -0.15) is 0 Å². The van der Waals surface area contributed by atoms with E-state index in [4.69, 9.17) is 10.5 Å². The van der Waals surface area contributed by atoms with Crippen LogP contribution in [0.2, 0.25) is 0 Å². The molecule has 0 heterocycles. The predicted octanol–water partition coefficient (Wildman–Crippen LogP) is 1.83. The van der Waals surface area contributed by atoms with Crippen molar-refractivity contribution in [3.05, 3.63) is 23.4 Å². The molecule has 0 fully saturated rings. The van der Waals surface area contributed by atoms with Crippen LogP contribution in [-0.2, 0) is 4.74 Å². The molecule has 1 unspecified atom stereocenters. The largest absolute Gasteiger partial charge is 0.399 e. The van der Waals surface area contributed by atoms with Crippen molar-refractivity contribution in [2.75, 3.05) is 7.11 Å². The van der Waals surface area contributed by atoms with Crippen molar-refractivity contribution in [3.63, 3.8) is 0 Å². The van der Waals surface area contributed by atoms with Crippen LogP contribution in [0.5, 0.6) is 0 Å². The van der Waals surface area contributed by atoms with Crippen molar-refractivity contribution in [1.29, 1.82) is 0 Å². The number of allylic oxidation sites excluding steroid dienone is 1. The maximum atomic E-state index is 5.58. The lowest BCUT2D eigenvalue weighted by Gasteiger charge is -2.15. The van der Waals surface area contributed by atoms with Gasteiger partial charge in [-0.25, -0.2) is 0 Å². The summed E-state index contributed by atoms with van der Waals surface area (Å²) in [5.74, 6) is 0. The highest BCUT2D eigenvalue weighted by Crippen LogP contribution is 2.15. The molecule has 0 aromatic rings. The molecule has 0 rings (SSSR count). The lowest BCUT2D eigenvalue weighted by Crippen LogP contribution is -2.15. The SMILES string of the molecule is C=C(N)C(=C(C)C)C(C)OC. The molecule has 0 saturated heterocycles. The van der Waals surface area contributed by atoms with E-state index in [1.807, 2.05) is 20.8 Å². The molecule has 1 atom stereocenters. The van der Waals surface area contributed by atoms with Crippen LogP contribution in [0.25, 0.3) is 0 Å². The summed E-state index contributed by atoms with van der Waals surface area (Å²) in [6.45, 7) is 9.65. The Balaban J connectivity index is 4.63. The van der Waals surface area contributed by atoms with Crippen LogP contribution >= 0.6 is 0 Å². The summed E-state index contributed by atoms with van der Waals surface area (Å²) >= 11 is 0. The van der Waals surface area contributed by atoms with E-state index < -0.39 is 0 Å². The van der Waals surface area contributed by atoms with Crippen LogP contribution in [0.4, 0.5) is 0 Å². The number of rotatable bonds is 3. The average Bonchev–Trinajstić information content (AvgIpc) is 1.85. The lowest BCUT2D eigenvalue weighted by atomic mass is 10.0. The molecule has 2 N–H and O–H groups in total. The van der Waals surface area contributed by atoms with E-state index in [1.54, 1.807) is 7.11 Å². The summed E-state index contributed by atoms with van der Waals surface area (Å²) in [7, 11) is 1.66. The summed E-state index contributed by atoms with van der Waals surface area (Å²) in [6.07, 6.45) is 0.0394. The second kappa shape index (κ2) is 4.19. The van der Waals surface area contributed by atoms with Gasteiger partial charge >= 0.3 is 0 Å². The topological polar surface area (TPSA) is 35.2 Å². The second-order valence-electron chi connectivity index (χ2n) is 2.82. The zero-order valence-electron chi connectivity index (χ0n) is 7.77. The first-order valence-corrected chi connectivity index (χ1v) is 3.65. The normalized spacial score (nSPS) is 12.4. The highest BCUT2D eigenvalue weighted by Gasteiger charge is 2.09. The van der Waals surface area contributed by atoms with Crippen molar-refractivity contribution in [2.45, 2.75) is 26.9 Å². The summed E-state index contributed by atoms with van der Waals surface area (Å²) in [5.41, 5.74) is 8.34. The van der Waals surface area contributed by atoms with Crippen molar-refractivity contribution in [2.24, 2.45) is 5.73 Å². The standard InChI is InChI=1S/C9H17NO/c1-6(2)9(7(3)10)8(4)11-5/h8H,3,10H2,1-2,4-5H3. The minimum Gasteiger partial charge on any atom is -0.399 e. The van der Waals surface area contributed by atoms with Crippen LogP contribution < -0.4 is 5.73 Å². The minimum atomic E-state index is 0.0394. The van der Waals surface area contributed by atoms with Gasteiger partial charge in [0.05, 0.1) is 6.10 Å². The van der Waals surface area contributed by atoms with E-state index >= 15 is 0 Å². The number of methoxy groups -OCH3 is 1. The summed E-state index contributed by atoms with van der Waals surface area (Å²) in [5, 5.41) is 0. The Bertz CT molecular complexity index is 178. The zero-order valence-corrected chi connectivity index (χ0v) is 7.77. The quantitative estimate of drug-likeness (QED) is 0.631. The van der Waals surface area contributed by atoms with Gasteiger partial charge in [0.25, 0.3) is 0 Å². The fraction of sp³-hybridized carbons (Fsp3) is 0.556. The third-order valence-electron chi connectivity index (χ3n) is 1.64. The minimum absolute atomic E-state index is 0.0394. The number of nitrogens with two attached hydrogens (primary N) is 1. The predicted molar refractivity (Wildman–Crippen MR) is 48.2 cm³/mol. The molecule has 0 bridgehead atoms. The Morgan fingerprint density at radius 3 is 2.00 bits per heavy atom. The molecule has 0 amide bonds. The third-order valence-corrected chi connectivity index (χ3v) is 1.64. The highest BCUT2D eigenvalue weighted by molar-refractivity contribution is 5.32. The van der Waals surface area contributed by atoms with Crippen molar-refractivity contribution in [1.82, 2.24) is 0 Å². The van der Waals surface area contributed by atoms with E-state index in [0.717, 1.165) is 11.1 Å². The van der Waals surface area contributed by atoms with E-state index in [9.17, 15) is 0 Å². The molecule has 0 aliphatic carbocycles. The molecule has 0 spiro atoms. The summed E-state index contributed by atoms with van der Waals surface area (Å²) in [4.78, 5) is 0. The Morgan fingerprint density at radius 1 is 1.45 bits per heavy atom. The van der Waals surface area contributed by atoms with Crippen molar-refractivity contribution < 1.29 is 4.74 Å². The Morgan fingerprint density at radius 2 is 1.91 bits per heavy atom. The molecular formula is C9H17NO. The maximum Gasteiger partial charge on any atom is 0.0812 e. The van der Waals surface area contributed by atoms with E-state index in [1.165, 1.54) is 0 Å². The molecule has 2 nitrogen and oxygen atoms in total. The summed E-state index contributed by atoms with van der Waals surface area (Å²) < 4.78 is 5.14. The van der Waals surface area contributed by atoms with Crippen LogP contribution in [-0.4, -0.2) is 13.2 Å². The summed E-state index contributed by atoms with van der Waals surface area (Å²) in [6, 6.07) is 0. The highest BCUT2D eigenvalue weighted by atomic mass is 16.5. The molecular weight excluding hydrogens is 138 g/mol. The molecule has 0 radical (unpaired) electrons. The first-order chi connectivity index (χ1) is 5.00. The van der Waals surface area contributed by atoms with Gasteiger partial charge in [-0.05, 0) is 20.8 Å². The number of hydrogen-bond donors (Lipinski definition) is 1. The van der Waals surface area contributed by atoms with E-state index in [0.29, 0.717) is 5.70 Å². The fourth-order valence-corrected chi connectivity index (χ4v) is 1.11. The monoisotopic (exact) mass is 155 g/mol. The van der Waals surface area contributed by atoms with Crippen LogP contribution in [0.1, 0.15) is 20.8 Å². The maximum absolute atomic E-state index is 5.58. The van der Waals surface area contributed by atoms with Crippen molar-refractivity contribution in [3.8, 4) is 0 Å².